The number of carbonyl (C=O) groups excluding carboxylic acids is 1. The molecule has 0 saturated carbocycles. The number of thiazole rings is 1. The molecule has 0 bridgehead atoms. The molecule has 7 heteroatoms. The summed E-state index contributed by atoms with van der Waals surface area (Å²) in [5, 5.41) is 3.18. The van der Waals surface area contributed by atoms with Crippen LogP contribution in [0, 0.1) is 6.92 Å². The number of ether oxygens (including phenoxy) is 1. The lowest BCUT2D eigenvalue weighted by Gasteiger charge is -2.46. The van der Waals surface area contributed by atoms with E-state index in [1.165, 1.54) is 0 Å². The van der Waals surface area contributed by atoms with Crippen molar-refractivity contribution in [1.29, 1.82) is 0 Å². The molecular weight excluding hydrogens is 348 g/mol. The molecule has 2 fully saturated rings. The number of amides is 1. The summed E-state index contributed by atoms with van der Waals surface area (Å²) in [6, 6.07) is 5.96. The molecule has 4 rings (SSSR count). The minimum atomic E-state index is -0.211. The first-order valence-corrected chi connectivity index (χ1v) is 9.95. The molecule has 1 amide bonds. The van der Waals surface area contributed by atoms with Crippen molar-refractivity contribution in [2.45, 2.75) is 38.5 Å². The van der Waals surface area contributed by atoms with Gasteiger partial charge in [0.05, 0.1) is 30.9 Å². The van der Waals surface area contributed by atoms with Crippen LogP contribution in [0.25, 0.3) is 0 Å². The van der Waals surface area contributed by atoms with Crippen LogP contribution < -0.4 is 0 Å². The second-order valence-corrected chi connectivity index (χ2v) is 8.17. The lowest BCUT2D eigenvalue weighted by molar-refractivity contribution is -0.172. The highest BCUT2D eigenvalue weighted by Gasteiger charge is 2.42. The van der Waals surface area contributed by atoms with Crippen LogP contribution in [-0.4, -0.2) is 57.5 Å². The van der Waals surface area contributed by atoms with E-state index in [2.05, 4.69) is 14.9 Å². The molecule has 138 valence electrons. The molecule has 0 N–H and O–H groups in total. The topological polar surface area (TPSA) is 58.6 Å². The van der Waals surface area contributed by atoms with Gasteiger partial charge < -0.3 is 9.64 Å². The normalized spacial score (nSPS) is 20.7. The lowest BCUT2D eigenvalue weighted by atomic mass is 9.89. The summed E-state index contributed by atoms with van der Waals surface area (Å²) in [5.74, 6) is 0.0594. The molecule has 2 aliphatic heterocycles. The summed E-state index contributed by atoms with van der Waals surface area (Å²) in [6.07, 6.45) is 3.76. The van der Waals surface area contributed by atoms with E-state index in [0.717, 1.165) is 48.9 Å². The van der Waals surface area contributed by atoms with Crippen LogP contribution in [0.15, 0.2) is 29.8 Å². The Morgan fingerprint density at radius 2 is 2.12 bits per heavy atom. The largest absolute Gasteiger partial charge is 0.363 e. The number of nitrogens with zero attached hydrogens (tertiary/aromatic N) is 4. The average molecular weight is 372 g/mol. The summed E-state index contributed by atoms with van der Waals surface area (Å²) in [6.45, 7) is 6.24. The minimum Gasteiger partial charge on any atom is -0.363 e. The van der Waals surface area contributed by atoms with E-state index in [4.69, 9.17) is 4.74 Å². The Hall–Kier alpha value is -1.83. The molecule has 0 atom stereocenters. The molecule has 2 aliphatic rings. The SMILES string of the molecule is Cc1cccc(CN2CC3(CCN(Cc4nccs4)CC3)OCC2=O)n1. The smallest absolute Gasteiger partial charge is 0.249 e. The Balaban J connectivity index is 1.37. The third-order valence-electron chi connectivity index (χ3n) is 5.24. The molecule has 0 unspecified atom stereocenters. The highest BCUT2D eigenvalue weighted by Crippen LogP contribution is 2.31. The van der Waals surface area contributed by atoms with Gasteiger partial charge in [0.25, 0.3) is 0 Å². The van der Waals surface area contributed by atoms with Gasteiger partial charge >= 0.3 is 0 Å². The summed E-state index contributed by atoms with van der Waals surface area (Å²) < 4.78 is 6.04. The number of piperidine rings is 1. The van der Waals surface area contributed by atoms with Gasteiger partial charge in [-0.25, -0.2) is 4.98 Å². The molecule has 4 heterocycles. The molecule has 1 spiro atoms. The first-order chi connectivity index (χ1) is 12.6. The van der Waals surface area contributed by atoms with E-state index in [1.54, 1.807) is 11.3 Å². The van der Waals surface area contributed by atoms with E-state index in [0.29, 0.717) is 13.1 Å². The molecule has 2 aromatic rings. The minimum absolute atomic E-state index is 0.0594. The zero-order valence-corrected chi connectivity index (χ0v) is 15.9. The quantitative estimate of drug-likeness (QED) is 0.824. The van der Waals surface area contributed by atoms with E-state index in [9.17, 15) is 4.79 Å². The average Bonchev–Trinajstić information content (AvgIpc) is 3.14. The molecule has 0 radical (unpaired) electrons. The number of aryl methyl sites for hydroxylation is 1. The Kier molecular flexibility index (Phi) is 5.02. The number of carbonyl (C=O) groups is 1. The van der Waals surface area contributed by atoms with Crippen molar-refractivity contribution in [3.05, 3.63) is 46.2 Å². The van der Waals surface area contributed by atoms with Crippen LogP contribution in [0.4, 0.5) is 0 Å². The van der Waals surface area contributed by atoms with E-state index < -0.39 is 0 Å². The maximum atomic E-state index is 12.3. The summed E-state index contributed by atoms with van der Waals surface area (Å²) in [5.41, 5.74) is 1.71. The van der Waals surface area contributed by atoms with Gasteiger partial charge in [-0.15, -0.1) is 11.3 Å². The molecule has 2 saturated heterocycles. The van der Waals surface area contributed by atoms with E-state index in [-0.39, 0.29) is 18.1 Å². The number of morpholine rings is 1. The molecule has 0 aliphatic carbocycles. The van der Waals surface area contributed by atoms with Crippen molar-refractivity contribution in [3.8, 4) is 0 Å². The van der Waals surface area contributed by atoms with Crippen LogP contribution in [-0.2, 0) is 22.6 Å². The van der Waals surface area contributed by atoms with Gasteiger partial charge in [-0.3, -0.25) is 14.7 Å². The predicted molar refractivity (Wildman–Crippen MR) is 99.7 cm³/mol. The van der Waals surface area contributed by atoms with Crippen LogP contribution in [0.2, 0.25) is 0 Å². The maximum Gasteiger partial charge on any atom is 0.249 e. The Morgan fingerprint density at radius 1 is 1.27 bits per heavy atom. The van der Waals surface area contributed by atoms with E-state index >= 15 is 0 Å². The van der Waals surface area contributed by atoms with Gasteiger partial charge in [0.1, 0.15) is 11.6 Å². The van der Waals surface area contributed by atoms with Crippen molar-refractivity contribution < 1.29 is 9.53 Å². The van der Waals surface area contributed by atoms with Crippen molar-refractivity contribution in [2.24, 2.45) is 0 Å². The number of rotatable bonds is 4. The Labute approximate surface area is 157 Å². The highest BCUT2D eigenvalue weighted by molar-refractivity contribution is 7.09. The van der Waals surface area contributed by atoms with Crippen LogP contribution in [0.1, 0.15) is 29.2 Å². The number of likely N-dealkylation sites (tertiary alicyclic amines) is 1. The number of hydrogen-bond acceptors (Lipinski definition) is 6. The number of hydrogen-bond donors (Lipinski definition) is 0. The zero-order chi connectivity index (χ0) is 18.0. The maximum absolute atomic E-state index is 12.3. The summed E-state index contributed by atoms with van der Waals surface area (Å²) >= 11 is 1.70. The second-order valence-electron chi connectivity index (χ2n) is 7.19. The molecule has 2 aromatic heterocycles. The number of pyridine rings is 1. The molecule has 6 nitrogen and oxygen atoms in total. The lowest BCUT2D eigenvalue weighted by Crippen LogP contribution is -2.58. The monoisotopic (exact) mass is 372 g/mol. The van der Waals surface area contributed by atoms with Gasteiger partial charge in [0, 0.05) is 30.4 Å². The standard InChI is InChI=1S/C19H24N4O2S/c1-15-3-2-4-16(21-15)11-23-14-19(25-13-18(23)24)5-8-22(9-6-19)12-17-20-7-10-26-17/h2-4,7,10H,5-6,8-9,11-14H2,1H3. The van der Waals surface area contributed by atoms with Crippen LogP contribution >= 0.6 is 11.3 Å². The van der Waals surface area contributed by atoms with Gasteiger partial charge in [0.2, 0.25) is 5.91 Å². The zero-order valence-electron chi connectivity index (χ0n) is 15.1. The van der Waals surface area contributed by atoms with Crippen molar-refractivity contribution in [3.63, 3.8) is 0 Å². The fourth-order valence-corrected chi connectivity index (χ4v) is 4.42. The Bertz CT molecular complexity index is 757. The first kappa shape index (κ1) is 17.6. The van der Waals surface area contributed by atoms with Crippen molar-refractivity contribution >= 4 is 17.2 Å². The van der Waals surface area contributed by atoms with Gasteiger partial charge in [0.15, 0.2) is 0 Å². The molecular formula is C19H24N4O2S. The van der Waals surface area contributed by atoms with Gasteiger partial charge in [-0.2, -0.15) is 0 Å². The fraction of sp³-hybridized carbons (Fsp3) is 0.526. The predicted octanol–water partition coefficient (Wildman–Crippen LogP) is 2.24. The third-order valence-corrected chi connectivity index (χ3v) is 6.01. The van der Waals surface area contributed by atoms with Crippen LogP contribution in [0.3, 0.4) is 0 Å². The highest BCUT2D eigenvalue weighted by atomic mass is 32.1. The van der Waals surface area contributed by atoms with E-state index in [1.807, 2.05) is 41.6 Å². The first-order valence-electron chi connectivity index (χ1n) is 9.07. The van der Waals surface area contributed by atoms with Gasteiger partial charge in [-0.05, 0) is 31.9 Å². The van der Waals surface area contributed by atoms with Crippen LogP contribution in [0.5, 0.6) is 0 Å². The number of aromatic nitrogens is 2. The second kappa shape index (κ2) is 7.42. The summed E-state index contributed by atoms with van der Waals surface area (Å²) in [7, 11) is 0. The molecule has 0 aromatic carbocycles. The van der Waals surface area contributed by atoms with Crippen molar-refractivity contribution in [1.82, 2.24) is 19.8 Å². The Morgan fingerprint density at radius 3 is 2.85 bits per heavy atom. The van der Waals surface area contributed by atoms with Gasteiger partial charge in [-0.1, -0.05) is 6.07 Å². The van der Waals surface area contributed by atoms with Crippen molar-refractivity contribution in [2.75, 3.05) is 26.2 Å². The fourth-order valence-electron chi connectivity index (χ4n) is 3.76. The molecule has 26 heavy (non-hydrogen) atoms. The third kappa shape index (κ3) is 3.95. The summed E-state index contributed by atoms with van der Waals surface area (Å²) in [4.78, 5) is 25.6.